The van der Waals surface area contributed by atoms with Gasteiger partial charge in [-0.1, -0.05) is 31.0 Å². The summed E-state index contributed by atoms with van der Waals surface area (Å²) in [5, 5.41) is 9.01. The molecule has 0 radical (unpaired) electrons. The fourth-order valence-corrected chi connectivity index (χ4v) is 8.85. The number of fused-ring (bicyclic) bond motifs is 1. The summed E-state index contributed by atoms with van der Waals surface area (Å²) in [6.45, 7) is 4.50. The van der Waals surface area contributed by atoms with E-state index in [9.17, 15) is 28.0 Å². The lowest BCUT2D eigenvalue weighted by Crippen LogP contribution is -2.47. The summed E-state index contributed by atoms with van der Waals surface area (Å²) in [5.74, 6) is -0.445. The van der Waals surface area contributed by atoms with Crippen molar-refractivity contribution >= 4 is 34.4 Å². The number of likely N-dealkylation sites (N-methyl/N-ethyl adjacent to an activating group) is 1. The van der Waals surface area contributed by atoms with Gasteiger partial charge in [0.25, 0.3) is 12.3 Å². The number of benzene rings is 2. The Hall–Kier alpha value is -6.37. The molecule has 2 aromatic carbocycles. The molecule has 0 spiro atoms. The molecule has 0 bridgehead atoms. The van der Waals surface area contributed by atoms with E-state index in [2.05, 4.69) is 35.5 Å². The zero-order valence-corrected chi connectivity index (χ0v) is 36.4. The van der Waals surface area contributed by atoms with Crippen LogP contribution in [0.15, 0.2) is 82.5 Å². The minimum absolute atomic E-state index is 0.0188. The van der Waals surface area contributed by atoms with Crippen LogP contribution in [0.5, 0.6) is 0 Å². The molecule has 4 aromatic heterocycles. The van der Waals surface area contributed by atoms with Gasteiger partial charge in [0.2, 0.25) is 17.7 Å². The maximum atomic E-state index is 14.2. The van der Waals surface area contributed by atoms with E-state index in [0.29, 0.717) is 42.9 Å². The van der Waals surface area contributed by atoms with E-state index in [0.717, 1.165) is 73.6 Å². The normalized spacial score (nSPS) is 18.2. The van der Waals surface area contributed by atoms with Crippen LogP contribution in [-0.4, -0.2) is 102 Å². The molecule has 65 heavy (non-hydrogen) atoms. The van der Waals surface area contributed by atoms with Crippen molar-refractivity contribution < 1.29 is 32.3 Å². The summed E-state index contributed by atoms with van der Waals surface area (Å²) < 4.78 is 44.5. The van der Waals surface area contributed by atoms with Gasteiger partial charge in [-0.2, -0.15) is 5.10 Å². The molecular formula is C47H52F2N10O6. The zero-order valence-electron chi connectivity index (χ0n) is 36.4. The Labute approximate surface area is 373 Å². The number of oxazole rings is 1. The van der Waals surface area contributed by atoms with Gasteiger partial charge in [0.15, 0.2) is 11.4 Å². The van der Waals surface area contributed by atoms with Crippen LogP contribution in [-0.2, 0) is 40.8 Å². The predicted molar refractivity (Wildman–Crippen MR) is 237 cm³/mol. The summed E-state index contributed by atoms with van der Waals surface area (Å²) in [6, 6.07) is 16.3. The van der Waals surface area contributed by atoms with Crippen molar-refractivity contribution in [3.8, 4) is 17.1 Å². The van der Waals surface area contributed by atoms with Gasteiger partial charge in [-0.15, -0.1) is 0 Å². The van der Waals surface area contributed by atoms with E-state index in [1.807, 2.05) is 43.4 Å². The number of alkyl halides is 2. The quantitative estimate of drug-likeness (QED) is 0.105. The smallest absolute Gasteiger partial charge is 0.329 e. The first kappa shape index (κ1) is 43.9. The molecule has 3 amide bonds. The molecule has 9 rings (SSSR count). The minimum Gasteiger partial charge on any atom is -0.444 e. The number of ether oxygens (including phenoxy) is 1. The molecule has 340 valence electrons. The molecule has 6 heterocycles. The molecule has 2 saturated heterocycles. The maximum Gasteiger partial charge on any atom is 0.329 e. The number of aryl methyl sites for hydroxylation is 3. The molecule has 3 aliphatic rings. The summed E-state index contributed by atoms with van der Waals surface area (Å²) in [4.78, 5) is 64.0. The molecule has 1 aliphatic carbocycles. The van der Waals surface area contributed by atoms with Crippen LogP contribution >= 0.6 is 0 Å². The number of hydrogen-bond donors (Lipinski definition) is 2. The third-order valence-corrected chi connectivity index (χ3v) is 12.5. The molecule has 16 nitrogen and oxygen atoms in total. The third-order valence-electron chi connectivity index (χ3n) is 12.5. The van der Waals surface area contributed by atoms with Crippen molar-refractivity contribution in [2.24, 2.45) is 13.0 Å². The van der Waals surface area contributed by atoms with Crippen molar-refractivity contribution in [3.05, 3.63) is 112 Å². The fourth-order valence-electron chi connectivity index (χ4n) is 8.85. The van der Waals surface area contributed by atoms with Crippen LogP contribution in [0.25, 0.3) is 28.2 Å². The Balaban J connectivity index is 0.754. The lowest BCUT2D eigenvalue weighted by molar-refractivity contribution is -0.135. The number of carbonyl (C=O) groups is 3. The van der Waals surface area contributed by atoms with E-state index in [1.165, 1.54) is 34.6 Å². The highest BCUT2D eigenvalue weighted by Crippen LogP contribution is 2.34. The highest BCUT2D eigenvalue weighted by atomic mass is 19.3. The van der Waals surface area contributed by atoms with Crippen molar-refractivity contribution in [3.63, 3.8) is 0 Å². The van der Waals surface area contributed by atoms with Crippen LogP contribution in [0.3, 0.4) is 0 Å². The SMILES string of the molecule is CN(Cc1ccc(-n2cc(NC(=O)c3coc(-c4ccnc(CCC5CC5)c4)n3)c(C(F)F)n2)cc1)C[C@H]1CN(CCCc2ccc3c(c2)n(C)c(=O)n3C2CCC(=O)NC2=O)CCO1. The largest absolute Gasteiger partial charge is 0.444 e. The van der Waals surface area contributed by atoms with Crippen LogP contribution in [0.1, 0.15) is 84.0 Å². The number of piperidine rings is 1. The first-order valence-electron chi connectivity index (χ1n) is 22.2. The van der Waals surface area contributed by atoms with Gasteiger partial charge in [0, 0.05) is 57.1 Å². The number of aromatic nitrogens is 6. The first-order valence-corrected chi connectivity index (χ1v) is 22.2. The van der Waals surface area contributed by atoms with Gasteiger partial charge in [0.1, 0.15) is 12.3 Å². The second-order valence-corrected chi connectivity index (χ2v) is 17.4. The summed E-state index contributed by atoms with van der Waals surface area (Å²) in [6.07, 6.45) is 8.05. The second-order valence-electron chi connectivity index (χ2n) is 17.4. The summed E-state index contributed by atoms with van der Waals surface area (Å²) in [7, 11) is 3.74. The molecule has 6 aromatic rings. The number of nitrogens with zero attached hydrogens (tertiary/aromatic N) is 8. The summed E-state index contributed by atoms with van der Waals surface area (Å²) >= 11 is 0. The van der Waals surface area contributed by atoms with E-state index >= 15 is 0 Å². The average Bonchev–Trinajstić information content (AvgIpc) is 3.71. The lowest BCUT2D eigenvalue weighted by Gasteiger charge is -2.35. The average molecular weight is 891 g/mol. The van der Waals surface area contributed by atoms with E-state index in [-0.39, 0.29) is 41.4 Å². The van der Waals surface area contributed by atoms with Gasteiger partial charge in [-0.05, 0) is 99.1 Å². The Bertz CT molecular complexity index is 2760. The van der Waals surface area contributed by atoms with Crippen LogP contribution in [0.2, 0.25) is 0 Å². The van der Waals surface area contributed by atoms with Crippen molar-refractivity contribution in [2.45, 2.75) is 76.5 Å². The number of morpholine rings is 1. The summed E-state index contributed by atoms with van der Waals surface area (Å²) in [5.41, 5.74) is 4.71. The Morgan fingerprint density at radius 2 is 1.83 bits per heavy atom. The minimum atomic E-state index is -2.93. The third kappa shape index (κ3) is 10.1. The van der Waals surface area contributed by atoms with E-state index < -0.39 is 30.0 Å². The highest BCUT2D eigenvalue weighted by molar-refractivity contribution is 6.03. The molecule has 2 N–H and O–H groups in total. The number of imidazole rings is 1. The zero-order chi connectivity index (χ0) is 45.2. The Kier molecular flexibility index (Phi) is 12.8. The number of carbonyl (C=O) groups excluding carboxylic acids is 3. The van der Waals surface area contributed by atoms with Gasteiger partial charge in [0.05, 0.1) is 41.3 Å². The fraction of sp³-hybridized carbons (Fsp3) is 0.426. The van der Waals surface area contributed by atoms with Crippen molar-refractivity contribution in [1.29, 1.82) is 0 Å². The number of imide groups is 1. The Morgan fingerprint density at radius 3 is 2.62 bits per heavy atom. The topological polar surface area (TPSA) is 175 Å². The predicted octanol–water partition coefficient (Wildman–Crippen LogP) is 5.85. The number of halogens is 2. The molecule has 1 unspecified atom stereocenters. The molecule has 2 atom stereocenters. The molecule has 3 fully saturated rings. The molecule has 18 heteroatoms. The van der Waals surface area contributed by atoms with E-state index in [1.54, 1.807) is 36.0 Å². The van der Waals surface area contributed by atoms with Crippen LogP contribution in [0.4, 0.5) is 14.5 Å². The van der Waals surface area contributed by atoms with Gasteiger partial charge < -0.3 is 14.5 Å². The number of hydrogen-bond acceptors (Lipinski definition) is 11. The molecular weight excluding hydrogens is 839 g/mol. The van der Waals surface area contributed by atoms with Crippen molar-refractivity contribution in [2.75, 3.05) is 45.2 Å². The second kappa shape index (κ2) is 19.0. The first-order chi connectivity index (χ1) is 31.4. The molecule has 2 aliphatic heterocycles. The molecule has 1 saturated carbocycles. The van der Waals surface area contributed by atoms with Crippen LogP contribution < -0.4 is 16.3 Å². The van der Waals surface area contributed by atoms with Gasteiger partial charge in [-0.25, -0.2) is 23.2 Å². The number of anilines is 1. The lowest BCUT2D eigenvalue weighted by atomic mass is 10.0. The van der Waals surface area contributed by atoms with Gasteiger partial charge in [-0.3, -0.25) is 43.6 Å². The number of pyridine rings is 1. The highest BCUT2D eigenvalue weighted by Gasteiger charge is 2.31. The number of rotatable bonds is 17. The monoisotopic (exact) mass is 890 g/mol. The number of amides is 3. The maximum absolute atomic E-state index is 14.2. The van der Waals surface area contributed by atoms with Crippen molar-refractivity contribution in [1.82, 2.24) is 44.0 Å². The number of nitrogens with one attached hydrogen (secondary N) is 2. The van der Waals surface area contributed by atoms with E-state index in [4.69, 9.17) is 9.15 Å². The van der Waals surface area contributed by atoms with Gasteiger partial charge >= 0.3 is 5.69 Å². The standard InChI is InChI=1S/C47H52F2N10O6/c1-55(25-35-26-57(20-21-64-35)19-3-4-30-10-14-38-40(22-30)56(2)47(63)59(38)39-15-16-41(60)53-45(39)62)24-31-8-12-34(13-9-31)58-27-36(42(54-58)43(48)49)51-44(61)37-28-65-46(52-37)32-17-18-50-33(23-32)11-7-29-5-6-29/h8-10,12-14,17-18,22-23,27-29,35,39,43H,3-7,11,15-16,19-21,24-26H2,1-2H3,(H,51,61)(H,53,60,62)/t35-,39?/m0/s1. The van der Waals surface area contributed by atoms with Crippen LogP contribution in [0, 0.1) is 5.92 Å². The Morgan fingerprint density at radius 1 is 1.02 bits per heavy atom.